The molecule has 1 aliphatic heterocycles. The zero-order valence-corrected chi connectivity index (χ0v) is 17.8. The van der Waals surface area contributed by atoms with E-state index >= 15 is 0 Å². The molecule has 2 aromatic rings. The summed E-state index contributed by atoms with van der Waals surface area (Å²) in [5.41, 5.74) is 6.34. The Labute approximate surface area is 164 Å². The lowest BCUT2D eigenvalue weighted by molar-refractivity contribution is 0.356. The van der Waals surface area contributed by atoms with Crippen LogP contribution in [-0.2, 0) is 0 Å². The van der Waals surface area contributed by atoms with Gasteiger partial charge in [-0.2, -0.15) is 0 Å². The molecule has 0 amide bonds. The van der Waals surface area contributed by atoms with Gasteiger partial charge in [0.25, 0.3) is 0 Å². The molecule has 0 bridgehead atoms. The van der Waals surface area contributed by atoms with Crippen LogP contribution in [0.15, 0.2) is 47.5 Å². The minimum Gasteiger partial charge on any atom is -0.378 e. The first kappa shape index (κ1) is 19.5. The number of rotatable bonds is 4. The highest BCUT2D eigenvalue weighted by Crippen LogP contribution is 2.44. The Balaban J connectivity index is 1.88. The first-order valence-corrected chi connectivity index (χ1v) is 9.94. The molecule has 0 unspecified atom stereocenters. The van der Waals surface area contributed by atoms with Crippen LogP contribution in [0.1, 0.15) is 58.1 Å². The molecule has 0 saturated heterocycles. The molecule has 27 heavy (non-hydrogen) atoms. The molecule has 0 fully saturated rings. The average Bonchev–Trinajstić information content (AvgIpc) is 2.59. The van der Waals surface area contributed by atoms with Gasteiger partial charge in [-0.25, -0.2) is 0 Å². The highest BCUT2D eigenvalue weighted by Gasteiger charge is 2.37. The van der Waals surface area contributed by atoms with Crippen molar-refractivity contribution < 1.29 is 0 Å². The van der Waals surface area contributed by atoms with Crippen molar-refractivity contribution in [1.29, 1.82) is 0 Å². The fourth-order valence-corrected chi connectivity index (χ4v) is 4.51. The average molecular weight is 364 g/mol. The third-order valence-corrected chi connectivity index (χ3v) is 5.55. The van der Waals surface area contributed by atoms with Crippen molar-refractivity contribution in [2.75, 3.05) is 23.9 Å². The molecule has 3 heteroatoms. The third kappa shape index (κ3) is 4.02. The summed E-state index contributed by atoms with van der Waals surface area (Å²) >= 11 is 0. The van der Waals surface area contributed by atoms with Crippen molar-refractivity contribution in [2.45, 2.75) is 58.5 Å². The molecule has 0 saturated carbocycles. The highest BCUT2D eigenvalue weighted by atomic mass is 15.2. The number of benzene rings is 2. The summed E-state index contributed by atoms with van der Waals surface area (Å²) in [5.74, 6) is 0.553. The van der Waals surface area contributed by atoms with Gasteiger partial charge >= 0.3 is 0 Å². The van der Waals surface area contributed by atoms with E-state index in [-0.39, 0.29) is 5.54 Å². The van der Waals surface area contributed by atoms with E-state index in [1.54, 1.807) is 0 Å². The van der Waals surface area contributed by atoms with E-state index in [4.69, 9.17) is 0 Å². The molecule has 0 spiro atoms. The van der Waals surface area contributed by atoms with E-state index < -0.39 is 0 Å². The van der Waals surface area contributed by atoms with Gasteiger partial charge in [0, 0.05) is 43.3 Å². The van der Waals surface area contributed by atoms with Crippen LogP contribution in [0.3, 0.4) is 0 Å². The van der Waals surface area contributed by atoms with Gasteiger partial charge in [-0.05, 0) is 87.6 Å². The zero-order valence-electron chi connectivity index (χ0n) is 17.8. The maximum Gasteiger partial charge on any atom is 0.0631 e. The van der Waals surface area contributed by atoms with Gasteiger partial charge in [0.15, 0.2) is 0 Å². The number of nitrogens with zero attached hydrogens (tertiary/aromatic N) is 3. The fourth-order valence-electron chi connectivity index (χ4n) is 4.51. The lowest BCUT2D eigenvalue weighted by Crippen LogP contribution is -2.51. The van der Waals surface area contributed by atoms with E-state index in [1.807, 2.05) is 20.3 Å². The van der Waals surface area contributed by atoms with E-state index in [2.05, 4.69) is 91.9 Å². The molecule has 1 aliphatic rings. The first-order valence-electron chi connectivity index (χ1n) is 9.94. The monoisotopic (exact) mass is 363 g/mol. The molecule has 2 aromatic carbocycles. The number of hydrogen-bond donors (Lipinski definition) is 0. The summed E-state index contributed by atoms with van der Waals surface area (Å²) in [6, 6.07) is 15.6. The predicted molar refractivity (Wildman–Crippen MR) is 119 cm³/mol. The number of aliphatic imine (C=N–C) groups is 1. The SMILES string of the molecule is CC(C)N1c2ccc(C=Nc3ccc(N(C)C)cc3)cc2[C@H](C)CC1(C)C. The summed E-state index contributed by atoms with van der Waals surface area (Å²) in [4.78, 5) is 9.35. The number of hydrogen-bond acceptors (Lipinski definition) is 3. The molecule has 3 nitrogen and oxygen atoms in total. The van der Waals surface area contributed by atoms with E-state index in [0.29, 0.717) is 12.0 Å². The Morgan fingerprint density at radius 3 is 2.37 bits per heavy atom. The maximum atomic E-state index is 4.68. The van der Waals surface area contributed by atoms with Crippen LogP contribution in [0.2, 0.25) is 0 Å². The lowest BCUT2D eigenvalue weighted by Gasteiger charge is -2.50. The summed E-state index contributed by atoms with van der Waals surface area (Å²) < 4.78 is 0. The molecular formula is C24H33N3. The molecular weight excluding hydrogens is 330 g/mol. The van der Waals surface area contributed by atoms with Crippen LogP contribution in [0.4, 0.5) is 17.1 Å². The normalized spacial score (nSPS) is 18.8. The van der Waals surface area contributed by atoms with Gasteiger partial charge in [0.2, 0.25) is 0 Å². The van der Waals surface area contributed by atoms with Crippen LogP contribution in [0.5, 0.6) is 0 Å². The molecule has 0 aromatic heterocycles. The van der Waals surface area contributed by atoms with E-state index in [9.17, 15) is 0 Å². The van der Waals surface area contributed by atoms with Crippen molar-refractivity contribution in [1.82, 2.24) is 0 Å². The Morgan fingerprint density at radius 2 is 1.78 bits per heavy atom. The quantitative estimate of drug-likeness (QED) is 0.620. The van der Waals surface area contributed by atoms with Crippen LogP contribution in [0.25, 0.3) is 0 Å². The summed E-state index contributed by atoms with van der Waals surface area (Å²) in [6.07, 6.45) is 3.15. The first-order chi connectivity index (χ1) is 12.7. The van der Waals surface area contributed by atoms with Crippen LogP contribution in [-0.4, -0.2) is 31.9 Å². The Bertz CT molecular complexity index is 816. The van der Waals surface area contributed by atoms with Gasteiger partial charge < -0.3 is 9.80 Å². The highest BCUT2D eigenvalue weighted by molar-refractivity contribution is 5.84. The minimum absolute atomic E-state index is 0.185. The second-order valence-corrected chi connectivity index (χ2v) is 8.87. The van der Waals surface area contributed by atoms with Crippen molar-refractivity contribution in [3.63, 3.8) is 0 Å². The van der Waals surface area contributed by atoms with E-state index in [1.165, 1.54) is 28.9 Å². The number of fused-ring (bicyclic) bond motifs is 1. The molecule has 0 radical (unpaired) electrons. The van der Waals surface area contributed by atoms with Crippen molar-refractivity contribution in [3.8, 4) is 0 Å². The second-order valence-electron chi connectivity index (χ2n) is 8.87. The summed E-state index contributed by atoms with van der Waals surface area (Å²) in [6.45, 7) is 11.6. The van der Waals surface area contributed by atoms with Crippen LogP contribution < -0.4 is 9.80 Å². The Kier molecular flexibility index (Phi) is 5.32. The molecule has 1 heterocycles. The Morgan fingerprint density at radius 1 is 1.11 bits per heavy atom. The molecule has 0 aliphatic carbocycles. The lowest BCUT2D eigenvalue weighted by atomic mass is 9.79. The van der Waals surface area contributed by atoms with Gasteiger partial charge in [-0.3, -0.25) is 4.99 Å². The molecule has 1 atom stereocenters. The maximum absolute atomic E-state index is 4.68. The van der Waals surface area contributed by atoms with Gasteiger partial charge in [-0.1, -0.05) is 13.0 Å². The number of anilines is 2. The van der Waals surface area contributed by atoms with Gasteiger partial charge in [0.1, 0.15) is 0 Å². The fraction of sp³-hybridized carbons (Fsp3) is 0.458. The van der Waals surface area contributed by atoms with Gasteiger partial charge in [-0.15, -0.1) is 0 Å². The summed E-state index contributed by atoms with van der Waals surface area (Å²) in [5, 5.41) is 0. The van der Waals surface area contributed by atoms with Crippen molar-refractivity contribution in [3.05, 3.63) is 53.6 Å². The van der Waals surface area contributed by atoms with Crippen LogP contribution >= 0.6 is 0 Å². The van der Waals surface area contributed by atoms with E-state index in [0.717, 1.165) is 5.69 Å². The smallest absolute Gasteiger partial charge is 0.0631 e. The third-order valence-electron chi connectivity index (χ3n) is 5.55. The standard InChI is InChI=1S/C24H33N3/c1-17(2)27-23-13-8-19(14-22(23)18(3)15-24(27,4)5)16-25-20-9-11-21(12-10-20)26(6)7/h8-14,16-18H,15H2,1-7H3/t18-/m1/s1. The van der Waals surface area contributed by atoms with Crippen molar-refractivity contribution in [2.24, 2.45) is 4.99 Å². The topological polar surface area (TPSA) is 18.8 Å². The van der Waals surface area contributed by atoms with Crippen molar-refractivity contribution >= 4 is 23.3 Å². The predicted octanol–water partition coefficient (Wildman–Crippen LogP) is 6.00. The summed E-state index contributed by atoms with van der Waals surface area (Å²) in [7, 11) is 4.10. The zero-order chi connectivity index (χ0) is 19.8. The molecule has 0 N–H and O–H groups in total. The van der Waals surface area contributed by atoms with Gasteiger partial charge in [0.05, 0.1) is 5.69 Å². The molecule has 144 valence electrons. The molecule has 3 rings (SSSR count). The largest absolute Gasteiger partial charge is 0.378 e. The van der Waals surface area contributed by atoms with Crippen LogP contribution in [0, 0.1) is 0 Å². The Hall–Kier alpha value is -2.29. The second kappa shape index (κ2) is 7.38. The minimum atomic E-state index is 0.185.